The smallest absolute Gasteiger partial charge is 0.220 e. The zero-order chi connectivity index (χ0) is 16.8. The number of pyridine rings is 1. The monoisotopic (exact) mass is 324 g/mol. The van der Waals surface area contributed by atoms with Gasteiger partial charge in [-0.25, -0.2) is 0 Å². The van der Waals surface area contributed by atoms with Gasteiger partial charge >= 0.3 is 0 Å². The number of hydrogen-bond donors (Lipinski definition) is 1. The van der Waals surface area contributed by atoms with Gasteiger partial charge in [-0.2, -0.15) is 0 Å². The largest absolute Gasteiger partial charge is 0.379 e. The minimum atomic E-state index is 0.0996. The second kappa shape index (κ2) is 8.06. The van der Waals surface area contributed by atoms with E-state index >= 15 is 0 Å². The average molecular weight is 324 g/mol. The maximum Gasteiger partial charge on any atom is 0.220 e. The Hall–Kier alpha value is -2.20. The van der Waals surface area contributed by atoms with Gasteiger partial charge in [0.25, 0.3) is 0 Å². The van der Waals surface area contributed by atoms with Gasteiger partial charge in [-0.3, -0.25) is 9.78 Å². The Bertz CT molecular complexity index is 672. The molecule has 1 fully saturated rings. The summed E-state index contributed by atoms with van der Waals surface area (Å²) in [5.41, 5.74) is 3.72. The third-order valence-electron chi connectivity index (χ3n) is 4.67. The molecule has 0 aliphatic carbocycles. The third kappa shape index (κ3) is 4.42. The molecule has 126 valence electrons. The standard InChI is InChI=1S/C20H24N2O2/c1-15-4-2-3-5-17(15)6-7-20(23)22-19-14-24-13-18(19)12-16-8-10-21-11-9-16/h2-5,8-11,18-19H,6-7,12-14H2,1H3,(H,22,23)/t18-,19+/m1/s1. The maximum absolute atomic E-state index is 12.3. The van der Waals surface area contributed by atoms with E-state index in [0.717, 1.165) is 12.8 Å². The molecule has 1 N–H and O–H groups in total. The zero-order valence-corrected chi connectivity index (χ0v) is 14.1. The van der Waals surface area contributed by atoms with E-state index in [4.69, 9.17) is 4.74 Å². The van der Waals surface area contributed by atoms with E-state index in [-0.39, 0.29) is 11.9 Å². The molecule has 1 aromatic heterocycles. The number of rotatable bonds is 6. The second-order valence-electron chi connectivity index (χ2n) is 6.46. The average Bonchev–Trinajstić information content (AvgIpc) is 3.02. The Morgan fingerprint density at radius 1 is 1.21 bits per heavy atom. The number of aryl methyl sites for hydroxylation is 2. The molecular formula is C20H24N2O2. The summed E-state index contributed by atoms with van der Waals surface area (Å²) in [4.78, 5) is 16.4. The summed E-state index contributed by atoms with van der Waals surface area (Å²) in [7, 11) is 0. The highest BCUT2D eigenvalue weighted by Crippen LogP contribution is 2.19. The third-order valence-corrected chi connectivity index (χ3v) is 4.67. The zero-order valence-electron chi connectivity index (χ0n) is 14.1. The van der Waals surface area contributed by atoms with Crippen LogP contribution in [0.3, 0.4) is 0 Å². The first-order valence-corrected chi connectivity index (χ1v) is 8.53. The normalized spacial score (nSPS) is 20.0. The van der Waals surface area contributed by atoms with Gasteiger partial charge in [0.1, 0.15) is 0 Å². The van der Waals surface area contributed by atoms with Crippen LogP contribution < -0.4 is 5.32 Å². The SMILES string of the molecule is Cc1ccccc1CCC(=O)N[C@H]1COC[C@H]1Cc1ccncc1. The van der Waals surface area contributed by atoms with Gasteiger partial charge in [0, 0.05) is 24.7 Å². The van der Waals surface area contributed by atoms with Crippen LogP contribution in [0.5, 0.6) is 0 Å². The van der Waals surface area contributed by atoms with Crippen LogP contribution in [0.25, 0.3) is 0 Å². The number of nitrogens with zero attached hydrogens (tertiary/aromatic N) is 1. The van der Waals surface area contributed by atoms with Crippen molar-refractivity contribution in [2.75, 3.05) is 13.2 Å². The van der Waals surface area contributed by atoms with Crippen molar-refractivity contribution >= 4 is 5.91 Å². The minimum absolute atomic E-state index is 0.0996. The van der Waals surface area contributed by atoms with E-state index in [1.165, 1.54) is 16.7 Å². The van der Waals surface area contributed by atoms with Crippen LogP contribution in [0.1, 0.15) is 23.1 Å². The Morgan fingerprint density at radius 3 is 2.79 bits per heavy atom. The number of nitrogens with one attached hydrogen (secondary N) is 1. The number of ether oxygens (including phenoxy) is 1. The second-order valence-corrected chi connectivity index (χ2v) is 6.46. The van der Waals surface area contributed by atoms with Gasteiger partial charge < -0.3 is 10.1 Å². The molecule has 24 heavy (non-hydrogen) atoms. The van der Waals surface area contributed by atoms with E-state index in [2.05, 4.69) is 29.4 Å². The lowest BCUT2D eigenvalue weighted by atomic mass is 9.95. The van der Waals surface area contributed by atoms with Crippen LogP contribution in [-0.2, 0) is 22.4 Å². The lowest BCUT2D eigenvalue weighted by Crippen LogP contribution is -2.40. The number of aromatic nitrogens is 1. The van der Waals surface area contributed by atoms with Crippen molar-refractivity contribution in [3.8, 4) is 0 Å². The molecule has 2 heterocycles. The predicted molar refractivity (Wildman–Crippen MR) is 93.7 cm³/mol. The molecule has 1 aromatic carbocycles. The predicted octanol–water partition coefficient (Wildman–Crippen LogP) is 2.70. The van der Waals surface area contributed by atoms with E-state index in [1.807, 2.05) is 24.3 Å². The molecule has 4 heteroatoms. The first kappa shape index (κ1) is 16.7. The van der Waals surface area contributed by atoms with Crippen molar-refractivity contribution in [3.05, 3.63) is 65.5 Å². The van der Waals surface area contributed by atoms with E-state index in [9.17, 15) is 4.79 Å². The summed E-state index contributed by atoms with van der Waals surface area (Å²) in [6, 6.07) is 12.4. The fourth-order valence-corrected chi connectivity index (χ4v) is 3.20. The van der Waals surface area contributed by atoms with Crippen LogP contribution in [0, 0.1) is 12.8 Å². The number of hydrogen-bond acceptors (Lipinski definition) is 3. The summed E-state index contributed by atoms with van der Waals surface area (Å²) >= 11 is 0. The van der Waals surface area contributed by atoms with E-state index < -0.39 is 0 Å². The highest BCUT2D eigenvalue weighted by atomic mass is 16.5. The minimum Gasteiger partial charge on any atom is -0.379 e. The highest BCUT2D eigenvalue weighted by Gasteiger charge is 2.29. The summed E-state index contributed by atoms with van der Waals surface area (Å²) in [6.07, 6.45) is 5.82. The highest BCUT2D eigenvalue weighted by molar-refractivity contribution is 5.76. The van der Waals surface area contributed by atoms with Crippen molar-refractivity contribution < 1.29 is 9.53 Å². The fourth-order valence-electron chi connectivity index (χ4n) is 3.20. The number of amides is 1. The maximum atomic E-state index is 12.3. The molecule has 0 bridgehead atoms. The van der Waals surface area contributed by atoms with Crippen LogP contribution in [0.2, 0.25) is 0 Å². The Morgan fingerprint density at radius 2 is 2.00 bits per heavy atom. The fraction of sp³-hybridized carbons (Fsp3) is 0.400. The topological polar surface area (TPSA) is 51.2 Å². The number of carbonyl (C=O) groups is 1. The van der Waals surface area contributed by atoms with Crippen LogP contribution in [0.15, 0.2) is 48.8 Å². The van der Waals surface area contributed by atoms with Crippen LogP contribution >= 0.6 is 0 Å². The molecule has 2 atom stereocenters. The van der Waals surface area contributed by atoms with Crippen molar-refractivity contribution in [2.24, 2.45) is 5.92 Å². The molecule has 0 saturated carbocycles. The molecule has 1 saturated heterocycles. The van der Waals surface area contributed by atoms with Gasteiger partial charge in [0.15, 0.2) is 0 Å². The van der Waals surface area contributed by atoms with Gasteiger partial charge in [-0.05, 0) is 48.6 Å². The summed E-state index contributed by atoms with van der Waals surface area (Å²) in [5, 5.41) is 3.16. The molecule has 0 radical (unpaired) electrons. The van der Waals surface area contributed by atoms with Crippen molar-refractivity contribution in [2.45, 2.75) is 32.2 Å². The Kier molecular flexibility index (Phi) is 5.59. The van der Waals surface area contributed by atoms with Crippen molar-refractivity contribution in [1.82, 2.24) is 10.3 Å². The number of benzene rings is 1. The van der Waals surface area contributed by atoms with Gasteiger partial charge in [-0.15, -0.1) is 0 Å². The lowest BCUT2D eigenvalue weighted by molar-refractivity contribution is -0.122. The molecule has 1 aliphatic heterocycles. The summed E-state index contributed by atoms with van der Waals surface area (Å²) in [6.45, 7) is 3.39. The van der Waals surface area contributed by atoms with Crippen LogP contribution in [0.4, 0.5) is 0 Å². The van der Waals surface area contributed by atoms with E-state index in [0.29, 0.717) is 25.6 Å². The van der Waals surface area contributed by atoms with E-state index in [1.54, 1.807) is 12.4 Å². The first-order valence-electron chi connectivity index (χ1n) is 8.53. The molecule has 1 amide bonds. The Balaban J connectivity index is 1.51. The quantitative estimate of drug-likeness (QED) is 0.889. The Labute approximate surface area is 143 Å². The molecular weight excluding hydrogens is 300 g/mol. The molecule has 0 spiro atoms. The molecule has 4 nitrogen and oxygen atoms in total. The van der Waals surface area contributed by atoms with Gasteiger partial charge in [0.2, 0.25) is 5.91 Å². The number of carbonyl (C=O) groups excluding carboxylic acids is 1. The molecule has 1 aliphatic rings. The van der Waals surface area contributed by atoms with Gasteiger partial charge in [0.05, 0.1) is 19.3 Å². The lowest BCUT2D eigenvalue weighted by Gasteiger charge is -2.19. The summed E-state index contributed by atoms with van der Waals surface area (Å²) in [5.74, 6) is 0.434. The van der Waals surface area contributed by atoms with Crippen LogP contribution in [-0.4, -0.2) is 30.1 Å². The summed E-state index contributed by atoms with van der Waals surface area (Å²) < 4.78 is 5.59. The van der Waals surface area contributed by atoms with Crippen molar-refractivity contribution in [3.63, 3.8) is 0 Å². The first-order chi connectivity index (χ1) is 11.7. The molecule has 0 unspecified atom stereocenters. The molecule has 2 aromatic rings. The molecule has 3 rings (SSSR count). The van der Waals surface area contributed by atoms with Crippen molar-refractivity contribution in [1.29, 1.82) is 0 Å². The van der Waals surface area contributed by atoms with Gasteiger partial charge in [-0.1, -0.05) is 24.3 Å².